The fraction of sp³-hybridized carbons (Fsp3) is 0.800. The van der Waals surface area contributed by atoms with E-state index in [0.29, 0.717) is 6.42 Å². The van der Waals surface area contributed by atoms with Gasteiger partial charge < -0.3 is 14.9 Å². The van der Waals surface area contributed by atoms with Crippen LogP contribution in [0.3, 0.4) is 0 Å². The van der Waals surface area contributed by atoms with Gasteiger partial charge in [0.25, 0.3) is 0 Å². The highest BCUT2D eigenvalue weighted by atomic mass is 16.8. The molecule has 19 heavy (non-hydrogen) atoms. The molecule has 0 unspecified atom stereocenters. The van der Waals surface area contributed by atoms with Crippen molar-refractivity contribution in [1.82, 2.24) is 0 Å². The van der Waals surface area contributed by atoms with Gasteiger partial charge in [-0.3, -0.25) is 0 Å². The minimum absolute atomic E-state index is 0.0426. The zero-order chi connectivity index (χ0) is 14.7. The van der Waals surface area contributed by atoms with E-state index in [2.05, 4.69) is 18.2 Å². The average molecular weight is 272 g/mol. The number of unbranched alkanes of at least 4 members (excludes halogenated alkanes) is 7. The second-order valence-corrected chi connectivity index (χ2v) is 5.14. The van der Waals surface area contributed by atoms with Gasteiger partial charge in [-0.25, -0.2) is 4.79 Å². The predicted molar refractivity (Wildman–Crippen MR) is 75.3 cm³/mol. The summed E-state index contributed by atoms with van der Waals surface area (Å²) >= 11 is 0. The van der Waals surface area contributed by atoms with Crippen LogP contribution in [0.4, 0.5) is 0 Å². The zero-order valence-corrected chi connectivity index (χ0v) is 12.3. The van der Waals surface area contributed by atoms with E-state index < -0.39 is 11.9 Å². The minimum atomic E-state index is -2.36. The summed E-state index contributed by atoms with van der Waals surface area (Å²) in [6.07, 6.45) is 8.88. The summed E-state index contributed by atoms with van der Waals surface area (Å²) in [5.74, 6) is -3.14. The van der Waals surface area contributed by atoms with Crippen LogP contribution in [0.15, 0.2) is 12.2 Å². The molecule has 0 fully saturated rings. The first kappa shape index (κ1) is 18.1. The lowest BCUT2D eigenvalue weighted by molar-refractivity contribution is -0.320. The van der Waals surface area contributed by atoms with Gasteiger partial charge in [0.15, 0.2) is 0 Å². The van der Waals surface area contributed by atoms with Crippen molar-refractivity contribution >= 4 is 5.97 Å². The van der Waals surface area contributed by atoms with Crippen molar-refractivity contribution in [1.29, 1.82) is 0 Å². The van der Waals surface area contributed by atoms with Gasteiger partial charge >= 0.3 is 11.9 Å². The Kier molecular flexibility index (Phi) is 9.53. The van der Waals surface area contributed by atoms with E-state index in [4.69, 9.17) is 0 Å². The molecular formula is C15H28O4. The second kappa shape index (κ2) is 9.98. The molecule has 0 heterocycles. The van der Waals surface area contributed by atoms with Crippen molar-refractivity contribution in [2.45, 2.75) is 77.6 Å². The van der Waals surface area contributed by atoms with Crippen molar-refractivity contribution in [3.8, 4) is 0 Å². The molecule has 0 aliphatic rings. The number of ether oxygens (including phenoxy) is 1. The highest BCUT2D eigenvalue weighted by Crippen LogP contribution is 2.16. The number of rotatable bonds is 11. The van der Waals surface area contributed by atoms with Gasteiger partial charge in [0.2, 0.25) is 0 Å². The summed E-state index contributed by atoms with van der Waals surface area (Å²) in [5.41, 5.74) is 0.156. The van der Waals surface area contributed by atoms with Crippen molar-refractivity contribution in [2.24, 2.45) is 0 Å². The summed E-state index contributed by atoms with van der Waals surface area (Å²) in [6, 6.07) is 0. The lowest BCUT2D eigenvalue weighted by atomic mass is 10.1. The second-order valence-electron chi connectivity index (χ2n) is 5.14. The largest absolute Gasteiger partial charge is 0.405 e. The summed E-state index contributed by atoms with van der Waals surface area (Å²) < 4.78 is 4.53. The van der Waals surface area contributed by atoms with Gasteiger partial charge in [0.1, 0.15) is 0 Å². The maximum Gasteiger partial charge on any atom is 0.337 e. The quantitative estimate of drug-likeness (QED) is 0.262. The molecule has 0 aliphatic carbocycles. The van der Waals surface area contributed by atoms with Gasteiger partial charge in [0, 0.05) is 12.0 Å². The first-order chi connectivity index (χ1) is 8.89. The van der Waals surface area contributed by atoms with E-state index in [1.165, 1.54) is 39.0 Å². The van der Waals surface area contributed by atoms with E-state index >= 15 is 0 Å². The van der Waals surface area contributed by atoms with E-state index in [1.807, 2.05) is 0 Å². The molecule has 0 bridgehead atoms. The molecule has 0 saturated carbocycles. The molecular weight excluding hydrogens is 244 g/mol. The third-order valence-corrected chi connectivity index (χ3v) is 2.96. The monoisotopic (exact) mass is 272 g/mol. The molecule has 112 valence electrons. The number of carbonyl (C=O) groups excluding carboxylic acids is 1. The van der Waals surface area contributed by atoms with Crippen molar-refractivity contribution in [3.05, 3.63) is 12.2 Å². The van der Waals surface area contributed by atoms with Gasteiger partial charge in [-0.2, -0.15) is 0 Å². The number of esters is 1. The number of hydrogen-bond acceptors (Lipinski definition) is 4. The Balaban J connectivity index is 3.58. The third-order valence-electron chi connectivity index (χ3n) is 2.96. The molecule has 0 aromatic carbocycles. The molecule has 0 saturated heterocycles. The molecule has 0 aromatic rings. The first-order valence-corrected chi connectivity index (χ1v) is 7.22. The van der Waals surface area contributed by atoms with Crippen molar-refractivity contribution in [3.63, 3.8) is 0 Å². The zero-order valence-electron chi connectivity index (χ0n) is 12.3. The van der Waals surface area contributed by atoms with Crippen LogP contribution < -0.4 is 0 Å². The van der Waals surface area contributed by atoms with E-state index in [9.17, 15) is 15.0 Å². The molecule has 0 aromatic heterocycles. The molecule has 0 radical (unpaired) electrons. The van der Waals surface area contributed by atoms with Crippen LogP contribution in [0.1, 0.15) is 71.6 Å². The normalized spacial score (nSPS) is 11.4. The fourth-order valence-corrected chi connectivity index (χ4v) is 1.78. The van der Waals surface area contributed by atoms with E-state index in [0.717, 1.165) is 12.8 Å². The molecule has 0 rings (SSSR count). The number of hydrogen-bond donors (Lipinski definition) is 2. The number of carbonyl (C=O) groups is 1. The Labute approximate surface area is 116 Å². The Morgan fingerprint density at radius 3 is 2.00 bits per heavy atom. The van der Waals surface area contributed by atoms with Gasteiger partial charge in [-0.1, -0.05) is 58.4 Å². The molecule has 2 N–H and O–H groups in total. The fourth-order valence-electron chi connectivity index (χ4n) is 1.78. The Bertz CT molecular complexity index is 271. The van der Waals surface area contributed by atoms with Crippen LogP contribution in [-0.4, -0.2) is 22.2 Å². The standard InChI is InChI=1S/C15H28O4/c1-4-5-6-7-8-9-10-11-12-15(17,18)19-14(16)13(2)3/h17-18H,2,4-12H2,1,3H3. The summed E-state index contributed by atoms with van der Waals surface area (Å²) in [4.78, 5) is 11.2. The highest BCUT2D eigenvalue weighted by Gasteiger charge is 2.27. The Morgan fingerprint density at radius 2 is 1.53 bits per heavy atom. The topological polar surface area (TPSA) is 66.8 Å². The van der Waals surface area contributed by atoms with Crippen LogP contribution in [-0.2, 0) is 9.53 Å². The Hall–Kier alpha value is -0.870. The number of aliphatic hydroxyl groups is 2. The summed E-state index contributed by atoms with van der Waals surface area (Å²) in [7, 11) is 0. The first-order valence-electron chi connectivity index (χ1n) is 7.22. The van der Waals surface area contributed by atoms with Crippen molar-refractivity contribution in [2.75, 3.05) is 0 Å². The predicted octanol–water partition coefficient (Wildman–Crippen LogP) is 3.27. The maximum absolute atomic E-state index is 11.2. The van der Waals surface area contributed by atoms with Gasteiger partial charge in [0.05, 0.1) is 0 Å². The van der Waals surface area contributed by atoms with Crippen molar-refractivity contribution < 1.29 is 19.7 Å². The minimum Gasteiger partial charge on any atom is -0.405 e. The van der Waals surface area contributed by atoms with E-state index in [1.54, 1.807) is 0 Å². The van der Waals surface area contributed by atoms with Crippen LogP contribution in [0, 0.1) is 0 Å². The van der Waals surface area contributed by atoms with E-state index in [-0.39, 0.29) is 12.0 Å². The SMILES string of the molecule is C=C(C)C(=O)OC(O)(O)CCCCCCCCCC. The van der Waals surface area contributed by atoms with Crippen LogP contribution in [0.2, 0.25) is 0 Å². The highest BCUT2D eigenvalue weighted by molar-refractivity contribution is 5.87. The summed E-state index contributed by atoms with van der Waals surface area (Å²) in [5, 5.41) is 19.0. The molecule has 0 spiro atoms. The van der Waals surface area contributed by atoms with Crippen LogP contribution in [0.5, 0.6) is 0 Å². The molecule has 0 aliphatic heterocycles. The van der Waals surface area contributed by atoms with Crippen LogP contribution in [0.25, 0.3) is 0 Å². The Morgan fingerprint density at radius 1 is 1.05 bits per heavy atom. The van der Waals surface area contributed by atoms with Crippen LogP contribution >= 0.6 is 0 Å². The van der Waals surface area contributed by atoms with Gasteiger partial charge in [-0.15, -0.1) is 0 Å². The molecule has 4 heteroatoms. The lowest BCUT2D eigenvalue weighted by Crippen LogP contribution is -2.34. The van der Waals surface area contributed by atoms with Gasteiger partial charge in [-0.05, 0) is 13.3 Å². The summed E-state index contributed by atoms with van der Waals surface area (Å²) in [6.45, 7) is 7.04. The molecule has 0 atom stereocenters. The lowest BCUT2D eigenvalue weighted by Gasteiger charge is -2.21. The molecule has 0 amide bonds. The third kappa shape index (κ3) is 10.7. The maximum atomic E-state index is 11.2. The molecule has 4 nitrogen and oxygen atoms in total. The smallest absolute Gasteiger partial charge is 0.337 e. The average Bonchev–Trinajstić information content (AvgIpc) is 2.31.